The molecule has 0 radical (unpaired) electrons. The lowest BCUT2D eigenvalue weighted by Crippen LogP contribution is -2.33. The first-order valence-corrected chi connectivity index (χ1v) is 4.03. The monoisotopic (exact) mass is 182 g/mol. The third-order valence-corrected chi connectivity index (χ3v) is 2.14. The summed E-state index contributed by atoms with van der Waals surface area (Å²) >= 11 is 0. The van der Waals surface area contributed by atoms with Gasteiger partial charge >= 0.3 is 0 Å². The van der Waals surface area contributed by atoms with Crippen molar-refractivity contribution in [1.29, 1.82) is 0 Å². The van der Waals surface area contributed by atoms with E-state index >= 15 is 0 Å². The van der Waals surface area contributed by atoms with Crippen LogP contribution < -0.4 is 0 Å². The van der Waals surface area contributed by atoms with Crippen LogP contribution in [0, 0.1) is 0 Å². The Morgan fingerprint density at radius 1 is 1.31 bits per heavy atom. The van der Waals surface area contributed by atoms with E-state index in [9.17, 15) is 5.11 Å². The summed E-state index contributed by atoms with van der Waals surface area (Å²) in [5.41, 5.74) is 15.5. The highest BCUT2D eigenvalue weighted by Gasteiger charge is 2.34. The molecule has 0 amide bonds. The normalized spacial score (nSPS) is 32.8. The van der Waals surface area contributed by atoms with Gasteiger partial charge in [0.2, 0.25) is 0 Å². The van der Waals surface area contributed by atoms with Gasteiger partial charge in [-0.05, 0) is 30.3 Å². The number of azide groups is 1. The van der Waals surface area contributed by atoms with Gasteiger partial charge in [0, 0.05) is 9.82 Å². The van der Waals surface area contributed by atoms with Gasteiger partial charge in [-0.25, -0.2) is 0 Å². The maximum atomic E-state index is 9.33. The Hall–Kier alpha value is -1.42. The average molecular weight is 182 g/mol. The van der Waals surface area contributed by atoms with Crippen LogP contribution in [0.4, 0.5) is 0 Å². The SMILES string of the molecule is [N-]=[N+]=NC1(N=[N+]=[N-])CCCC(O)C1. The summed E-state index contributed by atoms with van der Waals surface area (Å²) in [6, 6.07) is 0. The van der Waals surface area contributed by atoms with E-state index in [-0.39, 0.29) is 6.42 Å². The topological polar surface area (TPSA) is 118 Å². The quantitative estimate of drug-likeness (QED) is 0.393. The van der Waals surface area contributed by atoms with Crippen molar-refractivity contribution in [3.8, 4) is 0 Å². The molecule has 0 aliphatic heterocycles. The van der Waals surface area contributed by atoms with Crippen LogP contribution >= 0.6 is 0 Å². The van der Waals surface area contributed by atoms with Crippen LogP contribution in [0.15, 0.2) is 10.2 Å². The van der Waals surface area contributed by atoms with Crippen molar-refractivity contribution in [2.75, 3.05) is 0 Å². The minimum Gasteiger partial charge on any atom is -0.393 e. The van der Waals surface area contributed by atoms with E-state index < -0.39 is 11.8 Å². The number of aliphatic hydroxyl groups is 1. The molecule has 0 heterocycles. The van der Waals surface area contributed by atoms with Gasteiger partial charge in [-0.1, -0.05) is 16.6 Å². The molecule has 1 aliphatic rings. The first-order valence-electron chi connectivity index (χ1n) is 4.03. The highest BCUT2D eigenvalue weighted by atomic mass is 16.3. The summed E-state index contributed by atoms with van der Waals surface area (Å²) in [6.07, 6.45) is 1.58. The summed E-state index contributed by atoms with van der Waals surface area (Å²) in [6.45, 7) is 0. The second kappa shape index (κ2) is 4.00. The molecule has 7 heteroatoms. The van der Waals surface area contributed by atoms with Crippen LogP contribution in [0.1, 0.15) is 25.7 Å². The van der Waals surface area contributed by atoms with Gasteiger partial charge in [-0.2, -0.15) is 0 Å². The molecule has 70 valence electrons. The Morgan fingerprint density at radius 3 is 2.38 bits per heavy atom. The number of hydrogen-bond donors (Lipinski definition) is 1. The predicted molar refractivity (Wildman–Crippen MR) is 45.5 cm³/mol. The van der Waals surface area contributed by atoms with Gasteiger partial charge in [0.15, 0.2) is 0 Å². The molecule has 0 saturated heterocycles. The highest BCUT2D eigenvalue weighted by molar-refractivity contribution is 4.92. The molecule has 1 rings (SSSR count). The number of nitrogens with zero attached hydrogens (tertiary/aromatic N) is 6. The van der Waals surface area contributed by atoms with E-state index in [1.165, 1.54) is 0 Å². The molecule has 0 aromatic heterocycles. The van der Waals surface area contributed by atoms with Crippen molar-refractivity contribution in [2.45, 2.75) is 37.5 Å². The average Bonchev–Trinajstić information content (AvgIpc) is 2.04. The summed E-state index contributed by atoms with van der Waals surface area (Å²) in [5.74, 6) is 0. The Labute approximate surface area is 74.6 Å². The van der Waals surface area contributed by atoms with Crippen LogP contribution in [-0.2, 0) is 0 Å². The van der Waals surface area contributed by atoms with E-state index in [0.717, 1.165) is 0 Å². The largest absolute Gasteiger partial charge is 0.393 e. The third-order valence-electron chi connectivity index (χ3n) is 2.14. The summed E-state index contributed by atoms with van der Waals surface area (Å²) in [5, 5.41) is 16.2. The lowest BCUT2D eigenvalue weighted by atomic mass is 9.88. The van der Waals surface area contributed by atoms with E-state index in [2.05, 4.69) is 20.1 Å². The van der Waals surface area contributed by atoms with E-state index in [1.54, 1.807) is 0 Å². The molecule has 0 aromatic carbocycles. The first kappa shape index (κ1) is 9.67. The van der Waals surface area contributed by atoms with E-state index in [1.807, 2.05) is 0 Å². The number of rotatable bonds is 2. The minimum absolute atomic E-state index is 0.223. The second-order valence-electron chi connectivity index (χ2n) is 3.11. The molecule has 1 N–H and O–H groups in total. The van der Waals surface area contributed by atoms with Crippen LogP contribution in [0.25, 0.3) is 20.9 Å². The second-order valence-corrected chi connectivity index (χ2v) is 3.11. The lowest BCUT2D eigenvalue weighted by molar-refractivity contribution is 0.0898. The summed E-state index contributed by atoms with van der Waals surface area (Å²) in [4.78, 5) is 5.27. The highest BCUT2D eigenvalue weighted by Crippen LogP contribution is 2.33. The molecular weight excluding hydrogens is 172 g/mol. The van der Waals surface area contributed by atoms with Gasteiger partial charge in [-0.3, -0.25) is 0 Å². The molecule has 0 spiro atoms. The molecule has 0 aromatic rings. The Bertz CT molecular complexity index is 259. The van der Waals surface area contributed by atoms with Crippen molar-refractivity contribution in [2.24, 2.45) is 10.2 Å². The Kier molecular flexibility index (Phi) is 2.97. The maximum absolute atomic E-state index is 9.33. The van der Waals surface area contributed by atoms with Gasteiger partial charge in [0.25, 0.3) is 0 Å². The van der Waals surface area contributed by atoms with Crippen molar-refractivity contribution in [3.05, 3.63) is 20.9 Å². The predicted octanol–water partition coefficient (Wildman–Crippen LogP) is 2.24. The Balaban J connectivity index is 2.88. The zero-order valence-electron chi connectivity index (χ0n) is 7.04. The fourth-order valence-electron chi connectivity index (χ4n) is 1.57. The van der Waals surface area contributed by atoms with Crippen LogP contribution in [0.2, 0.25) is 0 Å². The smallest absolute Gasteiger partial charge is 0.129 e. The van der Waals surface area contributed by atoms with Crippen LogP contribution in [0.3, 0.4) is 0 Å². The number of aliphatic hydroxyl groups excluding tert-OH is 1. The van der Waals surface area contributed by atoms with Gasteiger partial charge < -0.3 is 5.11 Å². The molecule has 1 fully saturated rings. The zero-order valence-corrected chi connectivity index (χ0v) is 7.04. The molecule has 1 saturated carbocycles. The van der Waals surface area contributed by atoms with Crippen molar-refractivity contribution >= 4 is 0 Å². The maximum Gasteiger partial charge on any atom is 0.129 e. The third kappa shape index (κ3) is 2.26. The molecular formula is C6H10N6O. The van der Waals surface area contributed by atoms with E-state index in [0.29, 0.717) is 19.3 Å². The summed E-state index contributed by atoms with van der Waals surface area (Å²) < 4.78 is 0. The molecule has 7 nitrogen and oxygen atoms in total. The summed E-state index contributed by atoms with van der Waals surface area (Å²) in [7, 11) is 0. The first-order chi connectivity index (χ1) is 6.22. The molecule has 1 aliphatic carbocycles. The van der Waals surface area contributed by atoms with E-state index in [4.69, 9.17) is 11.1 Å². The Morgan fingerprint density at radius 2 is 1.92 bits per heavy atom. The fraction of sp³-hybridized carbons (Fsp3) is 1.00. The van der Waals surface area contributed by atoms with Crippen molar-refractivity contribution in [3.63, 3.8) is 0 Å². The van der Waals surface area contributed by atoms with Gasteiger partial charge in [0.05, 0.1) is 6.10 Å². The lowest BCUT2D eigenvalue weighted by Gasteiger charge is -2.30. The fourth-order valence-corrected chi connectivity index (χ4v) is 1.57. The van der Waals surface area contributed by atoms with Crippen LogP contribution in [-0.4, -0.2) is 16.9 Å². The molecule has 13 heavy (non-hydrogen) atoms. The van der Waals surface area contributed by atoms with Crippen LogP contribution in [0.5, 0.6) is 0 Å². The molecule has 1 atom stereocenters. The van der Waals surface area contributed by atoms with Gasteiger partial charge in [-0.15, -0.1) is 0 Å². The standard InChI is InChI=1S/C6H10N6O/c7-11-9-6(10-12-8)3-1-2-5(13)4-6/h5,13H,1-4H2. The zero-order chi connectivity index (χ0) is 9.73. The minimum atomic E-state index is -1.08. The number of hydrogen-bond acceptors (Lipinski definition) is 3. The molecule has 1 unspecified atom stereocenters. The van der Waals surface area contributed by atoms with Crippen molar-refractivity contribution < 1.29 is 5.11 Å². The molecule has 0 bridgehead atoms. The van der Waals surface area contributed by atoms with Crippen molar-refractivity contribution in [1.82, 2.24) is 0 Å². The van der Waals surface area contributed by atoms with Gasteiger partial charge in [0.1, 0.15) is 5.66 Å².